The second-order valence-corrected chi connectivity index (χ2v) is 4.41. The summed E-state index contributed by atoms with van der Waals surface area (Å²) in [4.78, 5) is 25.6. The lowest BCUT2D eigenvalue weighted by Crippen LogP contribution is -2.23. The van der Waals surface area contributed by atoms with Crippen molar-refractivity contribution in [1.82, 2.24) is 10.3 Å². The van der Waals surface area contributed by atoms with Crippen LogP contribution in [0.2, 0.25) is 0 Å². The number of carbonyl (C=O) groups is 1. The third-order valence-corrected chi connectivity index (χ3v) is 2.83. The first kappa shape index (κ1) is 14.6. The SMILES string of the molecule is Cc1ccc(CNC(=O)c2ccc([N+](=O)[O-])c(F)c2)cn1. The topological polar surface area (TPSA) is 85.1 Å². The van der Waals surface area contributed by atoms with E-state index in [9.17, 15) is 19.3 Å². The number of nitro benzene ring substituents is 1. The van der Waals surface area contributed by atoms with E-state index in [1.165, 1.54) is 6.07 Å². The Morgan fingerprint density at radius 3 is 2.71 bits per heavy atom. The molecule has 2 aromatic rings. The number of hydrogen-bond donors (Lipinski definition) is 1. The van der Waals surface area contributed by atoms with Crippen LogP contribution in [0.25, 0.3) is 0 Å². The Balaban J connectivity index is 2.05. The molecule has 0 aliphatic heterocycles. The van der Waals surface area contributed by atoms with Gasteiger partial charge >= 0.3 is 5.69 Å². The van der Waals surface area contributed by atoms with Gasteiger partial charge in [0, 0.05) is 30.1 Å². The molecule has 7 heteroatoms. The molecule has 0 unspecified atom stereocenters. The van der Waals surface area contributed by atoms with E-state index in [0.29, 0.717) is 0 Å². The molecular formula is C14H12FN3O3. The average Bonchev–Trinajstić information content (AvgIpc) is 2.45. The predicted octanol–water partition coefficient (Wildman–Crippen LogP) is 2.37. The van der Waals surface area contributed by atoms with E-state index in [1.807, 2.05) is 19.1 Å². The Hall–Kier alpha value is -2.83. The minimum Gasteiger partial charge on any atom is -0.348 e. The lowest BCUT2D eigenvalue weighted by molar-refractivity contribution is -0.387. The van der Waals surface area contributed by atoms with Crippen molar-refractivity contribution in [2.24, 2.45) is 0 Å². The molecule has 1 aromatic carbocycles. The van der Waals surface area contributed by atoms with Crippen LogP contribution in [0.4, 0.5) is 10.1 Å². The fourth-order valence-electron chi connectivity index (χ4n) is 1.68. The van der Waals surface area contributed by atoms with Gasteiger partial charge in [-0.05, 0) is 30.7 Å². The Morgan fingerprint density at radius 2 is 2.14 bits per heavy atom. The molecule has 0 radical (unpaired) electrons. The molecule has 0 fully saturated rings. The molecule has 0 saturated heterocycles. The van der Waals surface area contributed by atoms with Crippen LogP contribution in [-0.4, -0.2) is 15.8 Å². The third kappa shape index (κ3) is 3.59. The Labute approximate surface area is 119 Å². The summed E-state index contributed by atoms with van der Waals surface area (Å²) in [6, 6.07) is 6.66. The summed E-state index contributed by atoms with van der Waals surface area (Å²) in [5, 5.41) is 13.1. The zero-order chi connectivity index (χ0) is 15.4. The van der Waals surface area contributed by atoms with Crippen LogP contribution in [0.1, 0.15) is 21.6 Å². The highest BCUT2D eigenvalue weighted by Crippen LogP contribution is 2.17. The lowest BCUT2D eigenvalue weighted by atomic mass is 10.2. The first-order chi connectivity index (χ1) is 9.97. The van der Waals surface area contributed by atoms with Gasteiger partial charge in [-0.2, -0.15) is 4.39 Å². The van der Waals surface area contributed by atoms with Crippen LogP contribution >= 0.6 is 0 Å². The molecule has 1 N–H and O–H groups in total. The number of carbonyl (C=O) groups excluding carboxylic acids is 1. The second kappa shape index (κ2) is 6.08. The maximum atomic E-state index is 13.4. The quantitative estimate of drug-likeness (QED) is 0.691. The van der Waals surface area contributed by atoms with Crippen LogP contribution in [-0.2, 0) is 6.54 Å². The van der Waals surface area contributed by atoms with E-state index >= 15 is 0 Å². The van der Waals surface area contributed by atoms with Crippen molar-refractivity contribution in [3.05, 3.63) is 69.3 Å². The summed E-state index contributed by atoms with van der Waals surface area (Å²) in [6.45, 7) is 2.09. The molecule has 21 heavy (non-hydrogen) atoms. The van der Waals surface area contributed by atoms with Crippen molar-refractivity contribution in [2.75, 3.05) is 0 Å². The maximum Gasteiger partial charge on any atom is 0.304 e. The molecule has 2 rings (SSSR count). The van der Waals surface area contributed by atoms with E-state index in [1.54, 1.807) is 6.20 Å². The van der Waals surface area contributed by atoms with Crippen molar-refractivity contribution in [3.63, 3.8) is 0 Å². The molecule has 0 atom stereocenters. The highest BCUT2D eigenvalue weighted by atomic mass is 19.1. The second-order valence-electron chi connectivity index (χ2n) is 4.41. The number of benzene rings is 1. The smallest absolute Gasteiger partial charge is 0.304 e. The van der Waals surface area contributed by atoms with Crippen LogP contribution in [0.15, 0.2) is 36.5 Å². The monoisotopic (exact) mass is 289 g/mol. The number of aromatic nitrogens is 1. The predicted molar refractivity (Wildman–Crippen MR) is 73.2 cm³/mol. The molecule has 108 valence electrons. The van der Waals surface area contributed by atoms with Gasteiger partial charge in [0.1, 0.15) is 0 Å². The van der Waals surface area contributed by atoms with Gasteiger partial charge in [0.05, 0.1) is 4.92 Å². The van der Waals surface area contributed by atoms with E-state index in [4.69, 9.17) is 0 Å². The number of amides is 1. The van der Waals surface area contributed by atoms with E-state index < -0.39 is 22.3 Å². The van der Waals surface area contributed by atoms with Crippen molar-refractivity contribution in [1.29, 1.82) is 0 Å². The number of hydrogen-bond acceptors (Lipinski definition) is 4. The van der Waals surface area contributed by atoms with Crippen LogP contribution in [0.5, 0.6) is 0 Å². The highest BCUT2D eigenvalue weighted by Gasteiger charge is 2.16. The van der Waals surface area contributed by atoms with Gasteiger partial charge in [-0.15, -0.1) is 0 Å². The van der Waals surface area contributed by atoms with Gasteiger partial charge < -0.3 is 5.32 Å². The number of nitrogens with one attached hydrogen (secondary N) is 1. The number of nitro groups is 1. The summed E-state index contributed by atoms with van der Waals surface area (Å²) >= 11 is 0. The van der Waals surface area contributed by atoms with Gasteiger partial charge in [0.25, 0.3) is 5.91 Å². The summed E-state index contributed by atoms with van der Waals surface area (Å²) in [5.41, 5.74) is 1.03. The third-order valence-electron chi connectivity index (χ3n) is 2.83. The zero-order valence-corrected chi connectivity index (χ0v) is 11.2. The number of aryl methyl sites for hydroxylation is 1. The molecule has 1 heterocycles. The standard InChI is InChI=1S/C14H12FN3O3/c1-9-2-3-10(7-16-9)8-17-14(19)11-4-5-13(18(20)21)12(15)6-11/h2-7H,8H2,1H3,(H,17,19). The number of halogens is 1. The molecular weight excluding hydrogens is 277 g/mol. The fraction of sp³-hybridized carbons (Fsp3) is 0.143. The van der Waals surface area contributed by atoms with Gasteiger partial charge in [0.2, 0.25) is 5.82 Å². The fourth-order valence-corrected chi connectivity index (χ4v) is 1.68. The largest absolute Gasteiger partial charge is 0.348 e. The summed E-state index contributed by atoms with van der Waals surface area (Å²) in [6.07, 6.45) is 1.63. The first-order valence-corrected chi connectivity index (χ1v) is 6.11. The number of rotatable bonds is 4. The minimum absolute atomic E-state index is 0.0261. The van der Waals surface area contributed by atoms with Gasteiger partial charge in [0.15, 0.2) is 0 Å². The lowest BCUT2D eigenvalue weighted by Gasteiger charge is -2.05. The normalized spacial score (nSPS) is 10.2. The first-order valence-electron chi connectivity index (χ1n) is 6.11. The Kier molecular flexibility index (Phi) is 4.22. The average molecular weight is 289 g/mol. The van der Waals surface area contributed by atoms with Crippen LogP contribution < -0.4 is 5.32 Å². The zero-order valence-electron chi connectivity index (χ0n) is 11.2. The highest BCUT2D eigenvalue weighted by molar-refractivity contribution is 5.94. The minimum atomic E-state index is -1.04. The summed E-state index contributed by atoms with van der Waals surface area (Å²) in [5.74, 6) is -1.55. The molecule has 0 bridgehead atoms. The van der Waals surface area contributed by atoms with Crippen LogP contribution in [0, 0.1) is 22.9 Å². The van der Waals surface area contributed by atoms with Crippen LogP contribution in [0.3, 0.4) is 0 Å². The number of nitrogens with zero attached hydrogens (tertiary/aromatic N) is 2. The molecule has 1 aromatic heterocycles. The van der Waals surface area contributed by atoms with Gasteiger partial charge in [-0.25, -0.2) is 0 Å². The Morgan fingerprint density at radius 1 is 1.38 bits per heavy atom. The van der Waals surface area contributed by atoms with Crippen molar-refractivity contribution >= 4 is 11.6 Å². The number of pyridine rings is 1. The van der Waals surface area contributed by atoms with E-state index in [0.717, 1.165) is 23.4 Å². The van der Waals surface area contributed by atoms with E-state index in [-0.39, 0.29) is 12.1 Å². The van der Waals surface area contributed by atoms with Gasteiger partial charge in [-0.3, -0.25) is 19.9 Å². The van der Waals surface area contributed by atoms with Gasteiger partial charge in [-0.1, -0.05) is 6.07 Å². The van der Waals surface area contributed by atoms with Crippen molar-refractivity contribution in [2.45, 2.75) is 13.5 Å². The van der Waals surface area contributed by atoms with Crippen molar-refractivity contribution < 1.29 is 14.1 Å². The molecule has 0 saturated carbocycles. The van der Waals surface area contributed by atoms with E-state index in [2.05, 4.69) is 10.3 Å². The summed E-state index contributed by atoms with van der Waals surface area (Å²) < 4.78 is 13.4. The molecule has 6 nitrogen and oxygen atoms in total. The molecule has 0 spiro atoms. The maximum absolute atomic E-state index is 13.4. The molecule has 0 aliphatic rings. The van der Waals surface area contributed by atoms with Crippen molar-refractivity contribution in [3.8, 4) is 0 Å². The molecule has 0 aliphatic carbocycles. The molecule has 1 amide bonds. The summed E-state index contributed by atoms with van der Waals surface area (Å²) in [7, 11) is 0. The Bertz CT molecular complexity index is 686.